The van der Waals surface area contributed by atoms with Gasteiger partial charge in [0, 0.05) is 5.69 Å². The molecule has 3 rings (SSSR count). The molecule has 2 fully saturated rings. The molecule has 0 radical (unpaired) electrons. The zero-order valence-electron chi connectivity index (χ0n) is 18.6. The number of esters is 2. The van der Waals surface area contributed by atoms with Gasteiger partial charge in [-0.05, 0) is 57.9 Å². The number of rotatable bonds is 6. The molecule has 0 aromatic carbocycles. The molecule has 1 aromatic heterocycles. The lowest BCUT2D eigenvalue weighted by Crippen LogP contribution is -2.52. The molecule has 11 nitrogen and oxygen atoms in total. The highest BCUT2D eigenvalue weighted by atomic mass is 16.5. The molecular weight excluding hydrogens is 420 g/mol. The molecule has 0 atom stereocenters. The summed E-state index contributed by atoms with van der Waals surface area (Å²) in [6, 6.07) is -0.708. The summed E-state index contributed by atoms with van der Waals surface area (Å²) in [6.07, 6.45) is 2.62. The lowest BCUT2D eigenvalue weighted by Gasteiger charge is -2.33. The maximum absolute atomic E-state index is 12.8. The van der Waals surface area contributed by atoms with E-state index in [1.54, 1.807) is 20.8 Å². The van der Waals surface area contributed by atoms with Crippen LogP contribution in [0.3, 0.4) is 0 Å². The van der Waals surface area contributed by atoms with E-state index in [0.717, 1.165) is 12.8 Å². The lowest BCUT2D eigenvalue weighted by atomic mass is 9.77. The van der Waals surface area contributed by atoms with E-state index in [1.807, 2.05) is 0 Å². The Morgan fingerprint density at radius 1 is 1.12 bits per heavy atom. The molecule has 11 heteroatoms. The van der Waals surface area contributed by atoms with Gasteiger partial charge >= 0.3 is 18.0 Å². The molecule has 1 saturated carbocycles. The number of nitrogens with one attached hydrogen (secondary N) is 3. The minimum absolute atomic E-state index is 0.117. The van der Waals surface area contributed by atoms with Crippen LogP contribution >= 0.6 is 0 Å². The number of aromatic nitrogens is 1. The number of nitrogens with zero attached hydrogens (tertiary/aromatic N) is 1. The molecule has 3 N–H and O–H groups in total. The number of carbonyl (C=O) groups excluding carboxylic acids is 5. The fourth-order valence-corrected chi connectivity index (χ4v) is 4.14. The van der Waals surface area contributed by atoms with Crippen LogP contribution in [0.25, 0.3) is 0 Å². The molecule has 0 bridgehead atoms. The van der Waals surface area contributed by atoms with E-state index < -0.39 is 41.9 Å². The minimum atomic E-state index is -0.990. The summed E-state index contributed by atoms with van der Waals surface area (Å²) in [5, 5.41) is 3.34. The van der Waals surface area contributed by atoms with Gasteiger partial charge in [-0.15, -0.1) is 0 Å². The third-order valence-electron chi connectivity index (χ3n) is 5.98. The van der Waals surface area contributed by atoms with E-state index in [4.69, 9.17) is 9.47 Å². The Labute approximate surface area is 185 Å². The number of H-pyrrole nitrogens is 1. The smallest absolute Gasteiger partial charge is 0.355 e. The molecule has 0 unspecified atom stereocenters. The Hall–Kier alpha value is -3.37. The summed E-state index contributed by atoms with van der Waals surface area (Å²) >= 11 is 0. The molecular formula is C21H28N4O7. The van der Waals surface area contributed by atoms with Crippen molar-refractivity contribution in [2.24, 2.45) is 5.92 Å². The second-order valence-corrected chi connectivity index (χ2v) is 8.29. The number of aryl methyl sites for hydroxylation is 1. The van der Waals surface area contributed by atoms with Gasteiger partial charge in [0.05, 0.1) is 12.2 Å². The summed E-state index contributed by atoms with van der Waals surface area (Å²) in [7, 11) is 0. The first-order chi connectivity index (χ1) is 15.1. The molecule has 174 valence electrons. The first-order valence-corrected chi connectivity index (χ1v) is 10.6. The Balaban J connectivity index is 1.60. The van der Waals surface area contributed by atoms with Crippen molar-refractivity contribution in [2.45, 2.75) is 58.9 Å². The fourth-order valence-electron chi connectivity index (χ4n) is 4.14. The molecule has 32 heavy (non-hydrogen) atoms. The third-order valence-corrected chi connectivity index (χ3v) is 5.98. The number of hydrogen-bond donors (Lipinski definition) is 3. The molecule has 1 saturated heterocycles. The van der Waals surface area contributed by atoms with Gasteiger partial charge in [-0.3, -0.25) is 15.0 Å². The van der Waals surface area contributed by atoms with Gasteiger partial charge in [0.2, 0.25) is 0 Å². The van der Waals surface area contributed by atoms with E-state index >= 15 is 0 Å². The predicted molar refractivity (Wildman–Crippen MR) is 110 cm³/mol. The molecule has 1 aliphatic heterocycles. The molecule has 1 aromatic rings. The van der Waals surface area contributed by atoms with Gasteiger partial charge in [-0.2, -0.15) is 5.01 Å². The highest BCUT2D eigenvalue weighted by Gasteiger charge is 2.52. The van der Waals surface area contributed by atoms with Crippen LogP contribution in [-0.4, -0.2) is 58.5 Å². The van der Waals surface area contributed by atoms with Crippen LogP contribution in [-0.2, 0) is 19.1 Å². The van der Waals surface area contributed by atoms with Crippen LogP contribution in [0.1, 0.15) is 71.6 Å². The van der Waals surface area contributed by atoms with E-state index in [0.29, 0.717) is 35.0 Å². The number of amides is 4. The summed E-state index contributed by atoms with van der Waals surface area (Å²) in [5.74, 6) is -2.30. The van der Waals surface area contributed by atoms with Crippen molar-refractivity contribution in [1.29, 1.82) is 0 Å². The van der Waals surface area contributed by atoms with Gasteiger partial charge in [0.1, 0.15) is 11.2 Å². The fraction of sp³-hybridized carbons (Fsp3) is 0.571. The maximum atomic E-state index is 12.8. The summed E-state index contributed by atoms with van der Waals surface area (Å²) in [5.41, 5.74) is 2.20. The van der Waals surface area contributed by atoms with Crippen LogP contribution in [0.2, 0.25) is 0 Å². The van der Waals surface area contributed by atoms with Crippen LogP contribution < -0.4 is 10.7 Å². The predicted octanol–water partition coefficient (Wildman–Crippen LogP) is 1.50. The van der Waals surface area contributed by atoms with Gasteiger partial charge in [0.15, 0.2) is 6.61 Å². The minimum Gasteiger partial charge on any atom is -0.461 e. The average Bonchev–Trinajstić information content (AvgIpc) is 3.16. The van der Waals surface area contributed by atoms with Gasteiger partial charge < -0.3 is 19.8 Å². The molecule has 2 heterocycles. The number of ether oxygens (including phenoxy) is 2. The van der Waals surface area contributed by atoms with Crippen molar-refractivity contribution in [3.8, 4) is 0 Å². The van der Waals surface area contributed by atoms with E-state index in [9.17, 15) is 24.0 Å². The normalized spacial score (nSPS) is 22.6. The number of imide groups is 1. The second kappa shape index (κ2) is 9.01. The highest BCUT2D eigenvalue weighted by molar-refractivity contribution is 6.08. The zero-order chi connectivity index (χ0) is 23.6. The number of hydrogen-bond acceptors (Lipinski definition) is 7. The van der Waals surface area contributed by atoms with Gasteiger partial charge in [0.25, 0.3) is 11.8 Å². The van der Waals surface area contributed by atoms with E-state index in [-0.39, 0.29) is 17.9 Å². The highest BCUT2D eigenvalue weighted by Crippen LogP contribution is 2.35. The quantitative estimate of drug-likeness (QED) is 0.441. The van der Waals surface area contributed by atoms with E-state index in [2.05, 4.69) is 22.7 Å². The van der Waals surface area contributed by atoms with E-state index in [1.165, 1.54) is 0 Å². The summed E-state index contributed by atoms with van der Waals surface area (Å²) < 4.78 is 9.98. The molecule has 1 spiro atoms. The number of urea groups is 1. The largest absolute Gasteiger partial charge is 0.461 e. The third kappa shape index (κ3) is 4.32. The number of hydrazine groups is 1. The van der Waals surface area contributed by atoms with Crippen LogP contribution in [0.15, 0.2) is 0 Å². The Bertz CT molecular complexity index is 960. The van der Waals surface area contributed by atoms with Crippen molar-refractivity contribution in [3.05, 3.63) is 22.5 Å². The van der Waals surface area contributed by atoms with Crippen molar-refractivity contribution in [1.82, 2.24) is 20.7 Å². The Morgan fingerprint density at radius 2 is 1.78 bits per heavy atom. The Kier molecular flexibility index (Phi) is 6.56. The van der Waals surface area contributed by atoms with Crippen molar-refractivity contribution in [2.75, 3.05) is 13.2 Å². The monoisotopic (exact) mass is 448 g/mol. The molecule has 4 amide bonds. The standard InChI is InChI=1S/C21H28N4O7/c1-5-31-18(28)16-12(3)15(13(4)22-16)17(27)32-10-14(26)24-25-19(29)21(23-20(25)30)8-6-11(2)7-9-21/h11,22H,5-10H2,1-4H3,(H,23,30)(H,24,26). The Morgan fingerprint density at radius 3 is 2.41 bits per heavy atom. The lowest BCUT2D eigenvalue weighted by molar-refractivity contribution is -0.141. The first-order valence-electron chi connectivity index (χ1n) is 10.6. The molecule has 1 aliphatic carbocycles. The van der Waals surface area contributed by atoms with Crippen LogP contribution in [0.5, 0.6) is 0 Å². The summed E-state index contributed by atoms with van der Waals surface area (Å²) in [4.78, 5) is 64.6. The second-order valence-electron chi connectivity index (χ2n) is 8.29. The number of carbonyl (C=O) groups is 5. The maximum Gasteiger partial charge on any atom is 0.355 e. The van der Waals surface area contributed by atoms with Crippen LogP contribution in [0.4, 0.5) is 4.79 Å². The molecule has 2 aliphatic rings. The van der Waals surface area contributed by atoms with Gasteiger partial charge in [-0.1, -0.05) is 6.92 Å². The van der Waals surface area contributed by atoms with Crippen LogP contribution in [0, 0.1) is 19.8 Å². The SMILES string of the molecule is CCOC(=O)c1[nH]c(C)c(C(=O)OCC(=O)NN2C(=O)NC3(CCC(C)CC3)C2=O)c1C. The van der Waals surface area contributed by atoms with Gasteiger partial charge in [-0.25, -0.2) is 14.4 Å². The average molecular weight is 448 g/mol. The number of aromatic amines is 1. The van der Waals surface area contributed by atoms with Crippen molar-refractivity contribution in [3.63, 3.8) is 0 Å². The topological polar surface area (TPSA) is 147 Å². The van der Waals surface area contributed by atoms with Crippen molar-refractivity contribution < 1.29 is 33.4 Å². The van der Waals surface area contributed by atoms with Crippen molar-refractivity contribution >= 4 is 29.8 Å². The zero-order valence-corrected chi connectivity index (χ0v) is 18.6. The first kappa shape index (κ1) is 23.3. The summed E-state index contributed by atoms with van der Waals surface area (Å²) in [6.45, 7) is 6.37.